The van der Waals surface area contributed by atoms with Crippen molar-refractivity contribution in [3.05, 3.63) is 40.1 Å². The molecule has 2 aromatic rings. The highest BCUT2D eigenvalue weighted by atomic mass is 32.1. The Kier molecular flexibility index (Phi) is 3.74. The van der Waals surface area contributed by atoms with E-state index in [1.165, 1.54) is 11.3 Å². The van der Waals surface area contributed by atoms with Crippen molar-refractivity contribution in [3.63, 3.8) is 0 Å². The zero-order valence-corrected chi connectivity index (χ0v) is 12.2. The number of hydrogen-bond donors (Lipinski definition) is 2. The maximum Gasteiger partial charge on any atom is 0.273 e. The van der Waals surface area contributed by atoms with E-state index in [2.05, 4.69) is 9.97 Å². The van der Waals surface area contributed by atoms with Crippen molar-refractivity contribution in [2.75, 3.05) is 13.1 Å². The molecule has 110 valence electrons. The molecule has 21 heavy (non-hydrogen) atoms. The minimum absolute atomic E-state index is 0.0480. The molecule has 1 atom stereocenters. The van der Waals surface area contributed by atoms with Crippen molar-refractivity contribution in [1.82, 2.24) is 14.9 Å². The predicted molar refractivity (Wildman–Crippen MR) is 79.3 cm³/mol. The van der Waals surface area contributed by atoms with Crippen LogP contribution in [0.4, 0.5) is 0 Å². The zero-order valence-electron chi connectivity index (χ0n) is 11.4. The van der Waals surface area contributed by atoms with Crippen LogP contribution in [0.2, 0.25) is 0 Å². The van der Waals surface area contributed by atoms with Crippen molar-refractivity contribution in [1.29, 1.82) is 0 Å². The van der Waals surface area contributed by atoms with Crippen LogP contribution in [0.3, 0.4) is 0 Å². The monoisotopic (exact) mass is 304 g/mol. The molecule has 2 aromatic heterocycles. The number of hydrogen-bond acceptors (Lipinski definition) is 4. The summed E-state index contributed by atoms with van der Waals surface area (Å²) >= 11 is 1.41. The van der Waals surface area contributed by atoms with E-state index in [0.29, 0.717) is 17.8 Å². The number of carbonyl (C=O) groups excluding carboxylic acids is 2. The number of aromatic nitrogens is 2. The average Bonchev–Trinajstić information content (AvgIpc) is 3.17. The standard InChI is InChI=1S/C14H16N4O2S/c15-13(19)10-3-4-16-12(10)9-2-1-5-18(6-9)14(20)11-7-21-8-17-11/h3-4,7-9,16H,1-2,5-6H2,(H2,15,19)/t9-/m0/s1. The summed E-state index contributed by atoms with van der Waals surface area (Å²) in [6.07, 6.45) is 3.55. The lowest BCUT2D eigenvalue weighted by Crippen LogP contribution is -2.39. The summed E-state index contributed by atoms with van der Waals surface area (Å²) in [5.41, 5.74) is 8.88. The van der Waals surface area contributed by atoms with E-state index in [0.717, 1.165) is 25.1 Å². The average molecular weight is 304 g/mol. The number of piperidine rings is 1. The van der Waals surface area contributed by atoms with Gasteiger partial charge in [-0.25, -0.2) is 4.98 Å². The Labute approximate surface area is 126 Å². The molecule has 3 N–H and O–H groups in total. The molecule has 3 rings (SSSR count). The molecule has 0 spiro atoms. The Morgan fingerprint density at radius 3 is 3.05 bits per heavy atom. The summed E-state index contributed by atoms with van der Waals surface area (Å²) in [4.78, 5) is 32.8. The first-order chi connectivity index (χ1) is 10.2. The molecule has 0 saturated carbocycles. The van der Waals surface area contributed by atoms with Crippen LogP contribution in [-0.4, -0.2) is 39.8 Å². The number of nitrogens with one attached hydrogen (secondary N) is 1. The predicted octanol–water partition coefficient (Wildman–Crippen LogP) is 1.59. The second kappa shape index (κ2) is 5.69. The summed E-state index contributed by atoms with van der Waals surface area (Å²) in [7, 11) is 0. The van der Waals surface area contributed by atoms with Crippen LogP contribution in [0, 0.1) is 0 Å². The molecule has 0 aliphatic carbocycles. The topological polar surface area (TPSA) is 92.1 Å². The van der Waals surface area contributed by atoms with E-state index in [9.17, 15) is 9.59 Å². The molecule has 1 saturated heterocycles. The first kappa shape index (κ1) is 13.8. The maximum atomic E-state index is 12.4. The maximum absolute atomic E-state index is 12.4. The van der Waals surface area contributed by atoms with Crippen LogP contribution >= 0.6 is 11.3 Å². The van der Waals surface area contributed by atoms with Gasteiger partial charge in [0.25, 0.3) is 11.8 Å². The van der Waals surface area contributed by atoms with Crippen molar-refractivity contribution in [3.8, 4) is 0 Å². The lowest BCUT2D eigenvalue weighted by Gasteiger charge is -2.32. The number of primary amides is 1. The summed E-state index contributed by atoms with van der Waals surface area (Å²) in [5, 5.41) is 1.76. The van der Waals surface area contributed by atoms with Crippen LogP contribution in [0.5, 0.6) is 0 Å². The highest BCUT2D eigenvalue weighted by Crippen LogP contribution is 2.28. The molecule has 0 unspecified atom stereocenters. The minimum atomic E-state index is -0.436. The van der Waals surface area contributed by atoms with Gasteiger partial charge in [0.1, 0.15) is 5.69 Å². The number of nitrogens with zero attached hydrogens (tertiary/aromatic N) is 2. The first-order valence-electron chi connectivity index (χ1n) is 6.81. The summed E-state index contributed by atoms with van der Waals surface area (Å²) in [5.74, 6) is -0.374. The molecule has 2 amide bonds. The number of amides is 2. The smallest absolute Gasteiger partial charge is 0.273 e. The Balaban J connectivity index is 1.78. The Morgan fingerprint density at radius 2 is 2.33 bits per heavy atom. The van der Waals surface area contributed by atoms with Gasteiger partial charge in [-0.15, -0.1) is 11.3 Å². The number of carbonyl (C=O) groups is 2. The molecule has 0 aromatic carbocycles. The van der Waals surface area contributed by atoms with Gasteiger partial charge in [0.15, 0.2) is 0 Å². The lowest BCUT2D eigenvalue weighted by molar-refractivity contribution is 0.0701. The largest absolute Gasteiger partial charge is 0.366 e. The highest BCUT2D eigenvalue weighted by Gasteiger charge is 2.28. The number of nitrogens with two attached hydrogens (primary N) is 1. The molecule has 3 heterocycles. The molecule has 6 nitrogen and oxygen atoms in total. The van der Waals surface area contributed by atoms with Crippen LogP contribution in [-0.2, 0) is 0 Å². The molecule has 1 aliphatic heterocycles. The third-order valence-electron chi connectivity index (χ3n) is 3.81. The Morgan fingerprint density at radius 1 is 1.48 bits per heavy atom. The van der Waals surface area contributed by atoms with E-state index in [1.54, 1.807) is 28.1 Å². The fourth-order valence-corrected chi connectivity index (χ4v) is 3.34. The van der Waals surface area contributed by atoms with Crippen LogP contribution in [0.25, 0.3) is 0 Å². The highest BCUT2D eigenvalue weighted by molar-refractivity contribution is 7.07. The van der Waals surface area contributed by atoms with Gasteiger partial charge in [-0.05, 0) is 18.9 Å². The second-order valence-corrected chi connectivity index (χ2v) is 5.85. The summed E-state index contributed by atoms with van der Waals surface area (Å²) in [6, 6.07) is 1.69. The fraction of sp³-hybridized carbons (Fsp3) is 0.357. The zero-order chi connectivity index (χ0) is 14.8. The Bertz CT molecular complexity index is 650. The van der Waals surface area contributed by atoms with Gasteiger partial charge in [-0.1, -0.05) is 0 Å². The molecule has 1 fully saturated rings. The van der Waals surface area contributed by atoms with Gasteiger partial charge in [-0.2, -0.15) is 0 Å². The third kappa shape index (κ3) is 2.69. The van der Waals surface area contributed by atoms with E-state index < -0.39 is 5.91 Å². The molecule has 0 bridgehead atoms. The molecule has 0 radical (unpaired) electrons. The van der Waals surface area contributed by atoms with Gasteiger partial charge in [-0.3, -0.25) is 9.59 Å². The van der Waals surface area contributed by atoms with E-state index >= 15 is 0 Å². The quantitative estimate of drug-likeness (QED) is 0.902. The fourth-order valence-electron chi connectivity index (χ4n) is 2.81. The number of H-pyrrole nitrogens is 1. The Hall–Kier alpha value is -2.15. The van der Waals surface area contributed by atoms with Crippen LogP contribution in [0.1, 0.15) is 45.3 Å². The van der Waals surface area contributed by atoms with E-state index in [4.69, 9.17) is 5.73 Å². The SMILES string of the molecule is NC(=O)c1cc[nH]c1[C@H]1CCCN(C(=O)c2cscn2)C1. The van der Waals surface area contributed by atoms with Crippen molar-refractivity contribution in [2.24, 2.45) is 5.73 Å². The van der Waals surface area contributed by atoms with Crippen molar-refractivity contribution >= 4 is 23.2 Å². The molecule has 1 aliphatic rings. The third-order valence-corrected chi connectivity index (χ3v) is 4.40. The molecule has 7 heteroatoms. The first-order valence-corrected chi connectivity index (χ1v) is 7.75. The van der Waals surface area contributed by atoms with Gasteiger partial charge in [0.05, 0.1) is 11.1 Å². The number of thiazole rings is 1. The van der Waals surface area contributed by atoms with Crippen LogP contribution < -0.4 is 5.73 Å². The van der Waals surface area contributed by atoms with Crippen molar-refractivity contribution < 1.29 is 9.59 Å². The number of rotatable bonds is 3. The second-order valence-electron chi connectivity index (χ2n) is 5.13. The lowest BCUT2D eigenvalue weighted by atomic mass is 9.92. The van der Waals surface area contributed by atoms with Gasteiger partial charge in [0, 0.05) is 36.3 Å². The molecular formula is C14H16N4O2S. The summed E-state index contributed by atoms with van der Waals surface area (Å²) in [6.45, 7) is 1.30. The van der Waals surface area contributed by atoms with Crippen LogP contribution in [0.15, 0.2) is 23.2 Å². The number of likely N-dealkylation sites (tertiary alicyclic amines) is 1. The van der Waals surface area contributed by atoms with Gasteiger partial charge in [0.2, 0.25) is 0 Å². The normalized spacial score (nSPS) is 18.7. The summed E-state index contributed by atoms with van der Waals surface area (Å²) < 4.78 is 0. The number of aromatic amines is 1. The van der Waals surface area contributed by atoms with E-state index in [1.807, 2.05) is 0 Å². The van der Waals surface area contributed by atoms with Crippen molar-refractivity contribution in [2.45, 2.75) is 18.8 Å². The van der Waals surface area contributed by atoms with E-state index in [-0.39, 0.29) is 11.8 Å². The minimum Gasteiger partial charge on any atom is -0.366 e. The van der Waals surface area contributed by atoms with Gasteiger partial charge < -0.3 is 15.6 Å². The molecular weight excluding hydrogens is 288 g/mol. The van der Waals surface area contributed by atoms with Gasteiger partial charge >= 0.3 is 0 Å².